The molecule has 0 saturated carbocycles. The molecule has 0 aromatic carbocycles. The van der Waals surface area contributed by atoms with Crippen LogP contribution in [-0.4, -0.2) is 38.5 Å². The molecule has 0 aromatic rings. The highest BCUT2D eigenvalue weighted by Crippen LogP contribution is 1.77. The first-order valence-electron chi connectivity index (χ1n) is 3.72. The van der Waals surface area contributed by atoms with Gasteiger partial charge in [0.2, 0.25) is 0 Å². The summed E-state index contributed by atoms with van der Waals surface area (Å²) in [7, 11) is 1.70. The summed E-state index contributed by atoms with van der Waals surface area (Å²) in [5.74, 6) is 0. The molecule has 62 valence electrons. The lowest BCUT2D eigenvalue weighted by Gasteiger charge is -2.01. The second kappa shape index (κ2) is 8.88. The molecule has 0 aromatic heterocycles. The molecule has 3 nitrogen and oxygen atoms in total. The number of nitrogens with one attached hydrogen (secondary N) is 1. The molecule has 0 spiro atoms. The maximum absolute atomic E-state index is 8.40. The van der Waals surface area contributed by atoms with Crippen molar-refractivity contribution in [1.82, 2.24) is 5.32 Å². The van der Waals surface area contributed by atoms with Crippen molar-refractivity contribution >= 4 is 0 Å². The Morgan fingerprint density at radius 3 is 2.60 bits per heavy atom. The van der Waals surface area contributed by atoms with Crippen molar-refractivity contribution < 1.29 is 9.84 Å². The van der Waals surface area contributed by atoms with Gasteiger partial charge in [-0.3, -0.25) is 0 Å². The van der Waals surface area contributed by atoms with Gasteiger partial charge in [0.15, 0.2) is 0 Å². The molecule has 0 saturated heterocycles. The van der Waals surface area contributed by atoms with Crippen molar-refractivity contribution in [3.8, 4) is 0 Å². The fourth-order valence-electron chi connectivity index (χ4n) is 0.671. The summed E-state index contributed by atoms with van der Waals surface area (Å²) in [4.78, 5) is 0. The summed E-state index contributed by atoms with van der Waals surface area (Å²) in [6, 6.07) is 0. The molecule has 0 amide bonds. The fraction of sp³-hybridized carbons (Fsp3) is 1.00. The van der Waals surface area contributed by atoms with E-state index in [1.54, 1.807) is 7.11 Å². The quantitative estimate of drug-likeness (QED) is 0.498. The standard InChI is InChI=1S/C7H17NO2/c1-10-7-3-5-8-4-2-6-9/h8-9H,2-7H2,1H3. The number of ether oxygens (including phenoxy) is 1. The van der Waals surface area contributed by atoms with Gasteiger partial charge in [-0.05, 0) is 25.9 Å². The van der Waals surface area contributed by atoms with Crippen LogP contribution in [-0.2, 0) is 4.74 Å². The van der Waals surface area contributed by atoms with Gasteiger partial charge in [-0.15, -0.1) is 0 Å². The fourth-order valence-corrected chi connectivity index (χ4v) is 0.671. The predicted octanol–water partition coefficient (Wildman–Crippen LogP) is -0.00510. The van der Waals surface area contributed by atoms with Crippen LogP contribution in [0.1, 0.15) is 12.8 Å². The Morgan fingerprint density at radius 2 is 2.00 bits per heavy atom. The smallest absolute Gasteiger partial charge is 0.0474 e. The van der Waals surface area contributed by atoms with Gasteiger partial charge in [0.1, 0.15) is 0 Å². The van der Waals surface area contributed by atoms with Gasteiger partial charge in [0, 0.05) is 20.3 Å². The number of hydrogen-bond acceptors (Lipinski definition) is 3. The second-order valence-corrected chi connectivity index (χ2v) is 2.17. The Kier molecular flexibility index (Phi) is 8.77. The summed E-state index contributed by atoms with van der Waals surface area (Å²) < 4.78 is 4.86. The van der Waals surface area contributed by atoms with Crippen LogP contribution >= 0.6 is 0 Å². The van der Waals surface area contributed by atoms with Crippen molar-refractivity contribution in [3.05, 3.63) is 0 Å². The number of aliphatic hydroxyl groups excluding tert-OH is 1. The maximum atomic E-state index is 8.40. The van der Waals surface area contributed by atoms with E-state index in [0.29, 0.717) is 0 Å². The van der Waals surface area contributed by atoms with E-state index in [1.807, 2.05) is 0 Å². The molecule has 3 heteroatoms. The Morgan fingerprint density at radius 1 is 1.30 bits per heavy atom. The highest BCUT2D eigenvalue weighted by molar-refractivity contribution is 4.46. The minimum Gasteiger partial charge on any atom is -0.396 e. The lowest BCUT2D eigenvalue weighted by Crippen LogP contribution is -2.18. The first-order chi connectivity index (χ1) is 4.91. The van der Waals surface area contributed by atoms with Crippen molar-refractivity contribution in [3.63, 3.8) is 0 Å². The van der Waals surface area contributed by atoms with Gasteiger partial charge >= 0.3 is 0 Å². The van der Waals surface area contributed by atoms with Crippen molar-refractivity contribution in [2.75, 3.05) is 33.4 Å². The average molecular weight is 147 g/mol. The third-order valence-electron chi connectivity index (χ3n) is 1.21. The molecule has 0 fully saturated rings. The first kappa shape index (κ1) is 9.88. The second-order valence-electron chi connectivity index (χ2n) is 2.17. The monoisotopic (exact) mass is 147 g/mol. The highest BCUT2D eigenvalue weighted by Gasteiger charge is 1.85. The number of aliphatic hydroxyl groups is 1. The zero-order chi connectivity index (χ0) is 7.66. The molecule has 10 heavy (non-hydrogen) atoms. The van der Waals surface area contributed by atoms with Gasteiger partial charge < -0.3 is 15.2 Å². The van der Waals surface area contributed by atoms with E-state index in [4.69, 9.17) is 9.84 Å². The number of rotatable bonds is 7. The van der Waals surface area contributed by atoms with Crippen LogP contribution in [0.15, 0.2) is 0 Å². The van der Waals surface area contributed by atoms with E-state index in [2.05, 4.69) is 5.32 Å². The van der Waals surface area contributed by atoms with Gasteiger partial charge in [-0.25, -0.2) is 0 Å². The molecule has 0 unspecified atom stereocenters. The van der Waals surface area contributed by atoms with Crippen LogP contribution in [0, 0.1) is 0 Å². The Balaban J connectivity index is 2.65. The largest absolute Gasteiger partial charge is 0.396 e. The van der Waals surface area contributed by atoms with Gasteiger partial charge in [-0.2, -0.15) is 0 Å². The molecular formula is C7H17NO2. The minimum atomic E-state index is 0.275. The van der Waals surface area contributed by atoms with Gasteiger partial charge in [0.05, 0.1) is 0 Å². The third-order valence-corrected chi connectivity index (χ3v) is 1.21. The Labute approximate surface area is 62.4 Å². The molecule has 0 heterocycles. The lowest BCUT2D eigenvalue weighted by atomic mass is 10.4. The van der Waals surface area contributed by atoms with E-state index < -0.39 is 0 Å². The zero-order valence-corrected chi connectivity index (χ0v) is 6.60. The predicted molar refractivity (Wildman–Crippen MR) is 41.1 cm³/mol. The molecule has 2 N–H and O–H groups in total. The van der Waals surface area contributed by atoms with Crippen LogP contribution in [0.5, 0.6) is 0 Å². The van der Waals surface area contributed by atoms with Crippen molar-refractivity contribution in [1.29, 1.82) is 0 Å². The third kappa shape index (κ3) is 7.88. The van der Waals surface area contributed by atoms with Crippen LogP contribution < -0.4 is 5.32 Å². The summed E-state index contributed by atoms with van der Waals surface area (Å²) in [6.45, 7) is 2.97. The van der Waals surface area contributed by atoms with E-state index in [9.17, 15) is 0 Å². The summed E-state index contributed by atoms with van der Waals surface area (Å²) in [5, 5.41) is 11.6. The molecule has 0 aliphatic carbocycles. The van der Waals surface area contributed by atoms with Crippen molar-refractivity contribution in [2.24, 2.45) is 0 Å². The molecule has 0 bridgehead atoms. The normalized spacial score (nSPS) is 10.2. The molecule has 0 rings (SSSR count). The summed E-state index contributed by atoms with van der Waals surface area (Å²) in [5.41, 5.74) is 0. The molecule has 0 radical (unpaired) electrons. The molecule has 0 atom stereocenters. The van der Waals surface area contributed by atoms with Crippen LogP contribution in [0.4, 0.5) is 0 Å². The van der Waals surface area contributed by atoms with E-state index in [1.165, 1.54) is 0 Å². The summed E-state index contributed by atoms with van der Waals surface area (Å²) >= 11 is 0. The maximum Gasteiger partial charge on any atom is 0.0474 e. The van der Waals surface area contributed by atoms with Gasteiger partial charge in [0.25, 0.3) is 0 Å². The molecule has 0 aliphatic rings. The van der Waals surface area contributed by atoms with E-state index >= 15 is 0 Å². The highest BCUT2D eigenvalue weighted by atomic mass is 16.5. The van der Waals surface area contributed by atoms with E-state index in [-0.39, 0.29) is 6.61 Å². The average Bonchev–Trinajstić information content (AvgIpc) is 1.97. The molecular weight excluding hydrogens is 130 g/mol. The SMILES string of the molecule is COCCCNCCCO. The first-order valence-corrected chi connectivity index (χ1v) is 3.72. The van der Waals surface area contributed by atoms with Crippen LogP contribution in [0.3, 0.4) is 0 Å². The number of hydrogen-bond donors (Lipinski definition) is 2. The summed E-state index contributed by atoms with van der Waals surface area (Å²) in [6.07, 6.45) is 1.88. The van der Waals surface area contributed by atoms with Gasteiger partial charge in [-0.1, -0.05) is 0 Å². The molecule has 0 aliphatic heterocycles. The number of methoxy groups -OCH3 is 1. The zero-order valence-electron chi connectivity index (χ0n) is 6.60. The van der Waals surface area contributed by atoms with Crippen molar-refractivity contribution in [2.45, 2.75) is 12.8 Å². The Hall–Kier alpha value is -0.120. The topological polar surface area (TPSA) is 41.5 Å². The minimum absolute atomic E-state index is 0.275. The lowest BCUT2D eigenvalue weighted by molar-refractivity contribution is 0.194. The van der Waals surface area contributed by atoms with Crippen LogP contribution in [0.25, 0.3) is 0 Å². The van der Waals surface area contributed by atoms with Crippen LogP contribution in [0.2, 0.25) is 0 Å². The van der Waals surface area contributed by atoms with E-state index in [0.717, 1.165) is 32.5 Å². The Bertz CT molecular complexity index is 51.6.